The second-order valence-electron chi connectivity index (χ2n) is 1.30. The minimum absolute atomic E-state index is 0.275. The van der Waals surface area contributed by atoms with Gasteiger partial charge in [0.1, 0.15) is 0 Å². The lowest BCUT2D eigenvalue weighted by atomic mass is 10.4. The molecule has 0 aliphatic heterocycles. The molecule has 0 spiro atoms. The summed E-state index contributed by atoms with van der Waals surface area (Å²) in [5.74, 6) is -0.966. The zero-order valence-corrected chi connectivity index (χ0v) is 4.53. The van der Waals surface area contributed by atoms with Gasteiger partial charge in [-0.25, -0.2) is 5.11 Å². The molecule has 0 heterocycles. The molecule has 0 aromatic carbocycles. The highest BCUT2D eigenvalue weighted by atomic mass is 16.1. The van der Waals surface area contributed by atoms with Crippen LogP contribution in [-0.4, -0.2) is 16.5 Å². The average molecular weight is 127 g/mol. The molecule has 0 unspecified atom stereocenters. The smallest absolute Gasteiger partial charge is 0.496 e. The first kappa shape index (κ1) is 7.45. The van der Waals surface area contributed by atoms with Crippen LogP contribution >= 0.6 is 0 Å². The van der Waals surface area contributed by atoms with E-state index in [1.165, 1.54) is 5.11 Å². The maximum Gasteiger partial charge on any atom is 0.517 e. The molecule has 6 nitrogen and oxygen atoms in total. The maximum atomic E-state index is 10.0. The lowest BCUT2D eigenvalue weighted by Crippen LogP contribution is -2.69. The molecular weight excluding hydrogens is 122 g/mol. The summed E-state index contributed by atoms with van der Waals surface area (Å²) in [7, 11) is 0. The highest BCUT2D eigenvalue weighted by molar-refractivity contribution is 5.91. The van der Waals surface area contributed by atoms with E-state index in [1.807, 2.05) is 0 Å². The SMILES string of the molecule is [N-]=[N+]=C(CC(N)=O)[NH+]=[N-]. The Morgan fingerprint density at radius 3 is 2.44 bits per heavy atom. The molecule has 0 bridgehead atoms. The van der Waals surface area contributed by atoms with Crippen molar-refractivity contribution in [2.75, 3.05) is 0 Å². The van der Waals surface area contributed by atoms with Crippen LogP contribution in [0.3, 0.4) is 0 Å². The van der Waals surface area contributed by atoms with Gasteiger partial charge in [0, 0.05) is 0 Å². The predicted molar refractivity (Wildman–Crippen MR) is 26.8 cm³/mol. The molecule has 48 valence electrons. The third-order valence-corrected chi connectivity index (χ3v) is 0.591. The maximum absolute atomic E-state index is 10.0. The molecule has 9 heavy (non-hydrogen) atoms. The van der Waals surface area contributed by atoms with E-state index in [0.29, 0.717) is 0 Å². The van der Waals surface area contributed by atoms with E-state index >= 15 is 0 Å². The summed E-state index contributed by atoms with van der Waals surface area (Å²) < 4.78 is 0. The summed E-state index contributed by atoms with van der Waals surface area (Å²) in [5, 5.41) is 1.48. The summed E-state index contributed by atoms with van der Waals surface area (Å²) in [4.78, 5) is 12.5. The number of amidine groups is 1. The summed E-state index contributed by atoms with van der Waals surface area (Å²) in [5.41, 5.74) is 20.6. The van der Waals surface area contributed by atoms with E-state index in [0.717, 1.165) is 0 Å². The van der Waals surface area contributed by atoms with Crippen molar-refractivity contribution in [3.8, 4) is 0 Å². The molecule has 0 rings (SSSR count). The molecule has 0 aromatic heterocycles. The van der Waals surface area contributed by atoms with Crippen LogP contribution in [0, 0.1) is 0 Å². The standard InChI is InChI=1S/C3H5N5O/c4-2(9)1-3(7-5)8-6/h7H,1H2,(H2,4,9). The number of primary amides is 1. The average Bonchev–Trinajstić information content (AvgIpc) is 1.82. The number of nitrogens with two attached hydrogens (primary N) is 1. The van der Waals surface area contributed by atoms with Crippen LogP contribution in [0.15, 0.2) is 0 Å². The highest BCUT2D eigenvalue weighted by Crippen LogP contribution is 1.67. The second kappa shape index (κ2) is 3.45. The fourth-order valence-electron chi connectivity index (χ4n) is 0.262. The van der Waals surface area contributed by atoms with Crippen LogP contribution in [0.1, 0.15) is 6.42 Å². The van der Waals surface area contributed by atoms with Crippen molar-refractivity contribution in [3.05, 3.63) is 11.1 Å². The molecule has 0 aromatic rings. The van der Waals surface area contributed by atoms with E-state index in [2.05, 4.69) is 10.5 Å². The van der Waals surface area contributed by atoms with Crippen LogP contribution < -0.4 is 10.8 Å². The number of rotatable bonds is 2. The number of nitrogens with zero attached hydrogens (tertiary/aromatic N) is 3. The normalized spacial score (nSPS) is 7.56. The lowest BCUT2D eigenvalue weighted by molar-refractivity contribution is -0.381. The zero-order valence-electron chi connectivity index (χ0n) is 4.53. The van der Waals surface area contributed by atoms with Gasteiger partial charge in [0.2, 0.25) is 5.91 Å². The summed E-state index contributed by atoms with van der Waals surface area (Å²) in [6, 6.07) is 0. The molecule has 0 saturated carbocycles. The van der Waals surface area contributed by atoms with E-state index in [9.17, 15) is 4.79 Å². The first-order chi connectivity index (χ1) is 4.20. The molecule has 0 aliphatic carbocycles. The van der Waals surface area contributed by atoms with Crippen molar-refractivity contribution in [1.29, 1.82) is 0 Å². The molecule has 0 saturated heterocycles. The van der Waals surface area contributed by atoms with Gasteiger partial charge in [-0.05, 0) is 0 Å². The Kier molecular flexibility index (Phi) is 2.86. The van der Waals surface area contributed by atoms with Crippen LogP contribution in [0.5, 0.6) is 0 Å². The fraction of sp³-hybridized carbons (Fsp3) is 0.333. The van der Waals surface area contributed by atoms with Crippen molar-refractivity contribution in [1.82, 2.24) is 0 Å². The van der Waals surface area contributed by atoms with Gasteiger partial charge in [-0.2, -0.15) is 0 Å². The van der Waals surface area contributed by atoms with Crippen LogP contribution in [0.4, 0.5) is 0 Å². The Hall–Kier alpha value is -1.55. The molecule has 6 heteroatoms. The van der Waals surface area contributed by atoms with Gasteiger partial charge in [0.25, 0.3) is 0 Å². The Morgan fingerprint density at radius 1 is 1.78 bits per heavy atom. The molecule has 0 fully saturated rings. The molecule has 3 N–H and O–H groups in total. The van der Waals surface area contributed by atoms with E-state index in [4.69, 9.17) is 11.1 Å². The Labute approximate surface area is 50.8 Å². The Morgan fingerprint density at radius 2 is 2.33 bits per heavy atom. The first-order valence-electron chi connectivity index (χ1n) is 2.10. The monoisotopic (exact) mass is 127 g/mol. The predicted octanol–water partition coefficient (Wildman–Crippen LogP) is -2.41. The Bertz CT molecular complexity index is 179. The third kappa shape index (κ3) is 3.07. The van der Waals surface area contributed by atoms with E-state index in [-0.39, 0.29) is 12.3 Å². The van der Waals surface area contributed by atoms with Crippen molar-refractivity contribution in [2.24, 2.45) is 5.73 Å². The van der Waals surface area contributed by atoms with Crippen molar-refractivity contribution < 1.29 is 14.7 Å². The number of carbonyl (C=O) groups excluding carboxylic acids is 1. The van der Waals surface area contributed by atoms with Crippen LogP contribution in [-0.2, 0) is 4.79 Å². The first-order valence-corrected chi connectivity index (χ1v) is 2.10. The second-order valence-corrected chi connectivity index (χ2v) is 1.30. The summed E-state index contributed by atoms with van der Waals surface area (Å²) >= 11 is 0. The van der Waals surface area contributed by atoms with Crippen LogP contribution in [0.2, 0.25) is 0 Å². The lowest BCUT2D eigenvalue weighted by Gasteiger charge is -1.78. The molecular formula is C3H5N5O. The summed E-state index contributed by atoms with van der Waals surface area (Å²) in [6.07, 6.45) is -0.312. The van der Waals surface area contributed by atoms with Gasteiger partial charge in [0.15, 0.2) is 6.42 Å². The zero-order chi connectivity index (χ0) is 7.28. The minimum atomic E-state index is -0.690. The van der Waals surface area contributed by atoms with Gasteiger partial charge in [-0.15, -0.1) is 0 Å². The third-order valence-electron chi connectivity index (χ3n) is 0.591. The van der Waals surface area contributed by atoms with E-state index < -0.39 is 5.91 Å². The summed E-state index contributed by atoms with van der Waals surface area (Å²) in [6.45, 7) is 0. The van der Waals surface area contributed by atoms with Crippen molar-refractivity contribution in [3.63, 3.8) is 0 Å². The number of carbonyl (C=O) groups is 1. The highest BCUT2D eigenvalue weighted by Gasteiger charge is 2.12. The van der Waals surface area contributed by atoms with Crippen LogP contribution in [0.25, 0.3) is 11.1 Å². The fourth-order valence-corrected chi connectivity index (χ4v) is 0.262. The minimum Gasteiger partial charge on any atom is -0.496 e. The number of nitrogens with one attached hydrogen (secondary N) is 1. The largest absolute Gasteiger partial charge is 0.517 e. The molecule has 1 amide bonds. The van der Waals surface area contributed by atoms with Gasteiger partial charge in [0.05, 0.1) is 0 Å². The number of hydrogen-bond donors (Lipinski definition) is 2. The van der Waals surface area contributed by atoms with E-state index in [1.54, 1.807) is 0 Å². The topological polar surface area (TPSA) is 116 Å². The van der Waals surface area contributed by atoms with Gasteiger partial charge in [-0.3, -0.25) is 4.79 Å². The van der Waals surface area contributed by atoms with Gasteiger partial charge < -0.3 is 16.8 Å². The quantitative estimate of drug-likeness (QED) is 0.183. The molecule has 0 atom stereocenters. The van der Waals surface area contributed by atoms with Crippen molar-refractivity contribution in [2.45, 2.75) is 6.42 Å². The van der Waals surface area contributed by atoms with Crippen molar-refractivity contribution >= 4 is 11.7 Å². The number of hydrogen-bond acceptors (Lipinski definition) is 1. The van der Waals surface area contributed by atoms with Gasteiger partial charge in [-0.1, -0.05) is 4.79 Å². The Balaban J connectivity index is 4.02. The molecule has 0 aliphatic rings. The van der Waals surface area contributed by atoms with Gasteiger partial charge >= 0.3 is 5.84 Å². The molecule has 0 radical (unpaired) electrons. The number of amides is 1.